The van der Waals surface area contributed by atoms with Gasteiger partial charge in [0.15, 0.2) is 5.79 Å². The van der Waals surface area contributed by atoms with E-state index in [4.69, 9.17) is 9.47 Å². The highest BCUT2D eigenvalue weighted by molar-refractivity contribution is 5.60. The molecular formula is C25H26O2. The number of aryl methyl sites for hydroxylation is 1. The molecule has 0 N–H and O–H groups in total. The second-order valence-electron chi connectivity index (χ2n) is 9.05. The van der Waals surface area contributed by atoms with E-state index in [0.29, 0.717) is 0 Å². The standard InChI is InChI=1S/C25H26O2/c1-23-14-7-15-24(23)26-22(17-23)25(27-24)20(16-18-8-3-2-4-9-18)13-12-19-10-5-6-11-21(19)25/h2-6,8-11,16,22H,7,12-15,17H2,1H3/b20-16+/t22-,23+,24-,25-/m0/s1. The van der Waals surface area contributed by atoms with Crippen molar-refractivity contribution in [1.29, 1.82) is 0 Å². The molecule has 2 heterocycles. The molecule has 2 aliphatic carbocycles. The molecule has 0 amide bonds. The molecule has 27 heavy (non-hydrogen) atoms. The Morgan fingerprint density at radius 2 is 1.78 bits per heavy atom. The van der Waals surface area contributed by atoms with Gasteiger partial charge in [0.2, 0.25) is 0 Å². The number of benzene rings is 2. The largest absolute Gasteiger partial charge is 0.342 e. The number of rotatable bonds is 1. The van der Waals surface area contributed by atoms with Crippen LogP contribution in [0.15, 0.2) is 60.2 Å². The summed E-state index contributed by atoms with van der Waals surface area (Å²) in [5, 5.41) is 0. The summed E-state index contributed by atoms with van der Waals surface area (Å²) in [4.78, 5) is 0. The predicted octanol–water partition coefficient (Wildman–Crippen LogP) is 5.62. The lowest BCUT2D eigenvalue weighted by Gasteiger charge is -2.48. The summed E-state index contributed by atoms with van der Waals surface area (Å²) in [5.41, 5.74) is 5.18. The molecule has 2 nitrogen and oxygen atoms in total. The van der Waals surface area contributed by atoms with Crippen molar-refractivity contribution in [3.63, 3.8) is 0 Å². The maximum Gasteiger partial charge on any atom is 0.175 e. The maximum absolute atomic E-state index is 7.12. The topological polar surface area (TPSA) is 18.5 Å². The van der Waals surface area contributed by atoms with Crippen LogP contribution in [-0.2, 0) is 21.5 Å². The van der Waals surface area contributed by atoms with E-state index in [-0.39, 0.29) is 11.5 Å². The van der Waals surface area contributed by atoms with Crippen molar-refractivity contribution >= 4 is 6.08 Å². The van der Waals surface area contributed by atoms with Crippen LogP contribution in [0.5, 0.6) is 0 Å². The van der Waals surface area contributed by atoms with Crippen LogP contribution in [0, 0.1) is 5.41 Å². The van der Waals surface area contributed by atoms with Gasteiger partial charge in [-0.2, -0.15) is 0 Å². The molecule has 6 rings (SSSR count). The van der Waals surface area contributed by atoms with Gasteiger partial charge in [0, 0.05) is 11.8 Å². The second kappa shape index (κ2) is 5.33. The first-order valence-electron chi connectivity index (χ1n) is 10.4. The molecular weight excluding hydrogens is 332 g/mol. The molecule has 4 aliphatic rings. The van der Waals surface area contributed by atoms with Crippen molar-refractivity contribution in [3.05, 3.63) is 76.9 Å². The monoisotopic (exact) mass is 358 g/mol. The molecule has 1 saturated carbocycles. The summed E-state index contributed by atoms with van der Waals surface area (Å²) >= 11 is 0. The molecule has 2 aromatic carbocycles. The Bertz CT molecular complexity index is 930. The Morgan fingerprint density at radius 1 is 0.963 bits per heavy atom. The average molecular weight is 358 g/mol. The van der Waals surface area contributed by atoms with Crippen LogP contribution in [-0.4, -0.2) is 11.9 Å². The summed E-state index contributed by atoms with van der Waals surface area (Å²) in [7, 11) is 0. The van der Waals surface area contributed by atoms with Gasteiger partial charge in [-0.15, -0.1) is 0 Å². The zero-order chi connectivity index (χ0) is 18.1. The minimum atomic E-state index is -0.408. The quantitative estimate of drug-likeness (QED) is 0.659. The number of ether oxygens (including phenoxy) is 2. The highest BCUT2D eigenvalue weighted by atomic mass is 16.8. The summed E-state index contributed by atoms with van der Waals surface area (Å²) in [6, 6.07) is 19.5. The van der Waals surface area contributed by atoms with E-state index >= 15 is 0 Å². The third-order valence-electron chi connectivity index (χ3n) is 7.60. The molecule has 0 aromatic heterocycles. The van der Waals surface area contributed by atoms with Crippen molar-refractivity contribution in [1.82, 2.24) is 0 Å². The molecule has 2 aliphatic heterocycles. The normalized spacial score (nSPS) is 40.5. The molecule has 2 aromatic rings. The first-order valence-corrected chi connectivity index (χ1v) is 10.4. The van der Waals surface area contributed by atoms with Crippen LogP contribution in [0.3, 0.4) is 0 Å². The van der Waals surface area contributed by atoms with E-state index in [1.807, 2.05) is 0 Å². The fraction of sp³-hybridized carbons (Fsp3) is 0.440. The van der Waals surface area contributed by atoms with Crippen LogP contribution < -0.4 is 0 Å². The molecule has 4 atom stereocenters. The van der Waals surface area contributed by atoms with Gasteiger partial charge in [-0.3, -0.25) is 0 Å². The van der Waals surface area contributed by atoms with Gasteiger partial charge < -0.3 is 9.47 Å². The van der Waals surface area contributed by atoms with E-state index in [1.165, 1.54) is 35.1 Å². The third-order valence-corrected chi connectivity index (χ3v) is 7.60. The zero-order valence-electron chi connectivity index (χ0n) is 15.9. The molecule has 0 radical (unpaired) electrons. The van der Waals surface area contributed by atoms with Gasteiger partial charge in [0.05, 0.1) is 6.10 Å². The third kappa shape index (κ3) is 1.98. The Hall–Kier alpha value is -1.90. The van der Waals surface area contributed by atoms with E-state index in [0.717, 1.165) is 25.7 Å². The number of hydrogen-bond acceptors (Lipinski definition) is 2. The average Bonchev–Trinajstić information content (AvgIpc) is 3.27. The smallest absolute Gasteiger partial charge is 0.175 e. The van der Waals surface area contributed by atoms with Crippen LogP contribution >= 0.6 is 0 Å². The first-order chi connectivity index (χ1) is 13.2. The minimum Gasteiger partial charge on any atom is -0.342 e. The Morgan fingerprint density at radius 3 is 2.67 bits per heavy atom. The summed E-state index contributed by atoms with van der Waals surface area (Å²) in [5.74, 6) is -0.391. The minimum absolute atomic E-state index is 0.124. The van der Waals surface area contributed by atoms with Gasteiger partial charge in [-0.25, -0.2) is 0 Å². The van der Waals surface area contributed by atoms with E-state index in [1.54, 1.807) is 0 Å². The molecule has 3 fully saturated rings. The van der Waals surface area contributed by atoms with Crippen molar-refractivity contribution in [2.45, 2.75) is 62.9 Å². The summed E-state index contributed by atoms with van der Waals surface area (Å²) in [6.07, 6.45) is 9.17. The Labute approximate surface area is 161 Å². The highest BCUT2D eigenvalue weighted by Crippen LogP contribution is 2.70. The van der Waals surface area contributed by atoms with Crippen molar-refractivity contribution in [2.24, 2.45) is 5.41 Å². The van der Waals surface area contributed by atoms with Gasteiger partial charge in [0.25, 0.3) is 0 Å². The Balaban J connectivity index is 1.55. The van der Waals surface area contributed by atoms with Gasteiger partial charge in [-0.1, -0.05) is 67.6 Å². The fourth-order valence-corrected chi connectivity index (χ4v) is 6.25. The Kier molecular flexibility index (Phi) is 3.18. The number of fused-ring (bicyclic) bond motifs is 4. The predicted molar refractivity (Wildman–Crippen MR) is 106 cm³/mol. The number of hydrogen-bond donors (Lipinski definition) is 0. The van der Waals surface area contributed by atoms with Crippen LogP contribution in [0.1, 0.15) is 55.7 Å². The molecule has 138 valence electrons. The lowest BCUT2D eigenvalue weighted by molar-refractivity contribution is -0.224. The van der Waals surface area contributed by atoms with E-state index in [2.05, 4.69) is 67.6 Å². The lowest BCUT2D eigenvalue weighted by Crippen LogP contribution is -2.51. The van der Waals surface area contributed by atoms with E-state index < -0.39 is 11.4 Å². The van der Waals surface area contributed by atoms with Crippen LogP contribution in [0.4, 0.5) is 0 Å². The van der Waals surface area contributed by atoms with E-state index in [9.17, 15) is 0 Å². The summed E-state index contributed by atoms with van der Waals surface area (Å²) < 4.78 is 13.9. The van der Waals surface area contributed by atoms with Crippen LogP contribution in [0.2, 0.25) is 0 Å². The van der Waals surface area contributed by atoms with Gasteiger partial charge in [-0.05, 0) is 54.4 Å². The molecule has 2 saturated heterocycles. The lowest BCUT2D eigenvalue weighted by atomic mass is 9.66. The van der Waals surface area contributed by atoms with Crippen molar-refractivity contribution in [2.75, 3.05) is 0 Å². The zero-order valence-corrected chi connectivity index (χ0v) is 15.9. The summed E-state index contributed by atoms with van der Waals surface area (Å²) in [6.45, 7) is 2.38. The maximum atomic E-state index is 7.12. The first kappa shape index (κ1) is 16.1. The van der Waals surface area contributed by atoms with Crippen molar-refractivity contribution < 1.29 is 9.47 Å². The molecule has 2 heteroatoms. The van der Waals surface area contributed by atoms with Gasteiger partial charge >= 0.3 is 0 Å². The van der Waals surface area contributed by atoms with Gasteiger partial charge in [0.1, 0.15) is 5.60 Å². The SMILES string of the molecule is C[C@]12CCC[C@@]13O[C@@H](C2)[C@]1(O3)/C(=C/c2ccccc2)CCc2ccccc21. The second-order valence-corrected chi connectivity index (χ2v) is 9.05. The van der Waals surface area contributed by atoms with Crippen LogP contribution in [0.25, 0.3) is 6.08 Å². The molecule has 0 unspecified atom stereocenters. The fourth-order valence-electron chi connectivity index (χ4n) is 6.25. The van der Waals surface area contributed by atoms with Crippen molar-refractivity contribution in [3.8, 4) is 0 Å². The molecule has 2 bridgehead atoms. The highest BCUT2D eigenvalue weighted by Gasteiger charge is 2.74. The molecule has 2 spiro atoms.